The Morgan fingerprint density at radius 3 is 2.91 bits per heavy atom. The van der Waals surface area contributed by atoms with Gasteiger partial charge in [-0.2, -0.15) is 0 Å². The van der Waals surface area contributed by atoms with Crippen LogP contribution < -0.4 is 5.01 Å². The number of hydrogen-bond acceptors (Lipinski definition) is 5. The molecule has 0 N–H and O–H groups in total. The van der Waals surface area contributed by atoms with Crippen LogP contribution in [0.15, 0.2) is 52.0 Å². The summed E-state index contributed by atoms with van der Waals surface area (Å²) in [6.45, 7) is 2.17. The lowest BCUT2D eigenvalue weighted by atomic mass is 10.2. The van der Waals surface area contributed by atoms with Crippen LogP contribution in [0.3, 0.4) is 0 Å². The van der Waals surface area contributed by atoms with E-state index in [0.717, 1.165) is 23.8 Å². The minimum absolute atomic E-state index is 0.260. The van der Waals surface area contributed by atoms with Gasteiger partial charge in [0.15, 0.2) is 5.82 Å². The highest BCUT2D eigenvalue weighted by Crippen LogP contribution is 2.45. The highest BCUT2D eigenvalue weighted by atomic mass is 32.2. The molecule has 2 aliphatic heterocycles. The highest BCUT2D eigenvalue weighted by Gasteiger charge is 2.37. The first-order valence-electron chi connectivity index (χ1n) is 7.37. The van der Waals surface area contributed by atoms with E-state index in [-0.39, 0.29) is 5.37 Å². The summed E-state index contributed by atoms with van der Waals surface area (Å²) in [5.74, 6) is 1.05. The van der Waals surface area contributed by atoms with Gasteiger partial charge < -0.3 is 0 Å². The summed E-state index contributed by atoms with van der Waals surface area (Å²) in [6.07, 6.45) is 6.46. The van der Waals surface area contributed by atoms with Crippen molar-refractivity contribution in [2.24, 2.45) is 0 Å². The fourth-order valence-electron chi connectivity index (χ4n) is 2.58. The lowest BCUT2D eigenvalue weighted by Crippen LogP contribution is -2.34. The molecule has 0 radical (unpaired) electrons. The third-order valence-electron chi connectivity index (χ3n) is 3.59. The molecule has 0 amide bonds. The number of aryl methyl sites for hydroxylation is 1. The zero-order valence-electron chi connectivity index (χ0n) is 12.2. The van der Waals surface area contributed by atoms with E-state index in [2.05, 4.69) is 68.6 Å². The van der Waals surface area contributed by atoms with Crippen LogP contribution in [0.2, 0.25) is 0 Å². The van der Waals surface area contributed by atoms with E-state index < -0.39 is 0 Å². The van der Waals surface area contributed by atoms with Crippen LogP contribution in [-0.2, 0) is 6.42 Å². The molecule has 1 unspecified atom stereocenters. The highest BCUT2D eigenvalue weighted by molar-refractivity contribution is 8.07. The average Bonchev–Trinajstić information content (AvgIpc) is 3.19. The largest absolute Gasteiger partial charge is 0.253 e. The molecular formula is C16H16N4S2. The molecule has 4 rings (SSSR count). The minimum atomic E-state index is 0.260. The standard InChI is InChI=1S/C16H16N4S2/c1-2-6-13-17-18-16-19(13)20-14(21-11-15(20)22-16)10-9-12-7-4-3-5-8-12/h3-5,7-11,14H,2,6H2,1H3/b10-9+. The summed E-state index contributed by atoms with van der Waals surface area (Å²) in [4.78, 5) is 0. The van der Waals surface area contributed by atoms with Crippen molar-refractivity contribution in [3.63, 3.8) is 0 Å². The quantitative estimate of drug-likeness (QED) is 0.851. The van der Waals surface area contributed by atoms with Crippen LogP contribution in [0.1, 0.15) is 24.7 Å². The van der Waals surface area contributed by atoms with Gasteiger partial charge in [0.25, 0.3) is 0 Å². The van der Waals surface area contributed by atoms with Gasteiger partial charge in [-0.3, -0.25) is 5.01 Å². The Balaban J connectivity index is 1.61. The minimum Gasteiger partial charge on any atom is -0.253 e. The number of fused-ring (bicyclic) bond motifs is 3. The van der Waals surface area contributed by atoms with Crippen LogP contribution in [0.4, 0.5) is 0 Å². The molecule has 4 nitrogen and oxygen atoms in total. The van der Waals surface area contributed by atoms with E-state index >= 15 is 0 Å². The third-order valence-corrected chi connectivity index (χ3v) is 5.69. The van der Waals surface area contributed by atoms with E-state index in [1.165, 1.54) is 10.6 Å². The van der Waals surface area contributed by atoms with Crippen molar-refractivity contribution in [2.45, 2.75) is 30.3 Å². The zero-order valence-corrected chi connectivity index (χ0v) is 13.8. The van der Waals surface area contributed by atoms with Gasteiger partial charge in [0.2, 0.25) is 5.16 Å². The number of rotatable bonds is 4. The zero-order chi connectivity index (χ0) is 14.9. The van der Waals surface area contributed by atoms with Crippen LogP contribution >= 0.6 is 23.5 Å². The Morgan fingerprint density at radius 1 is 1.23 bits per heavy atom. The van der Waals surface area contributed by atoms with Gasteiger partial charge >= 0.3 is 0 Å². The smallest absolute Gasteiger partial charge is 0.216 e. The predicted molar refractivity (Wildman–Crippen MR) is 93.0 cm³/mol. The number of benzene rings is 1. The maximum absolute atomic E-state index is 4.33. The van der Waals surface area contributed by atoms with E-state index in [1.54, 1.807) is 11.8 Å². The third kappa shape index (κ3) is 2.36. The lowest BCUT2D eigenvalue weighted by molar-refractivity contribution is 0.620. The first-order valence-corrected chi connectivity index (χ1v) is 9.13. The topological polar surface area (TPSA) is 34.0 Å². The van der Waals surface area contributed by atoms with Crippen molar-refractivity contribution in [1.82, 2.24) is 14.9 Å². The molecule has 0 saturated heterocycles. The van der Waals surface area contributed by atoms with Gasteiger partial charge in [-0.05, 0) is 29.8 Å². The van der Waals surface area contributed by atoms with Crippen molar-refractivity contribution >= 4 is 29.6 Å². The molecule has 2 aliphatic rings. The van der Waals surface area contributed by atoms with Crippen LogP contribution in [-0.4, -0.2) is 20.2 Å². The fourth-order valence-corrected chi connectivity index (χ4v) is 4.70. The summed E-state index contributed by atoms with van der Waals surface area (Å²) in [5.41, 5.74) is 1.22. The number of hydrogen-bond donors (Lipinski definition) is 0. The molecular weight excluding hydrogens is 312 g/mol. The van der Waals surface area contributed by atoms with Crippen molar-refractivity contribution in [1.29, 1.82) is 0 Å². The molecule has 22 heavy (non-hydrogen) atoms. The molecule has 1 aromatic heterocycles. The Hall–Kier alpha value is -1.66. The molecule has 0 bridgehead atoms. The van der Waals surface area contributed by atoms with Crippen molar-refractivity contribution in [2.75, 3.05) is 5.01 Å². The second kappa shape index (κ2) is 5.85. The second-order valence-electron chi connectivity index (χ2n) is 5.16. The maximum atomic E-state index is 4.33. The SMILES string of the molecule is CCCc1nnc2n1N1C(=CSC1/C=C/c1ccccc1)S2. The summed E-state index contributed by atoms with van der Waals surface area (Å²) >= 11 is 3.53. The van der Waals surface area contributed by atoms with Gasteiger partial charge in [-0.15, -0.1) is 10.2 Å². The number of thioether (sulfide) groups is 2. The molecule has 3 heterocycles. The van der Waals surface area contributed by atoms with Gasteiger partial charge in [-0.25, -0.2) is 4.68 Å². The van der Waals surface area contributed by atoms with E-state index in [1.807, 2.05) is 17.8 Å². The summed E-state index contributed by atoms with van der Waals surface area (Å²) in [6, 6.07) is 10.4. The molecule has 0 aliphatic carbocycles. The Labute approximate surface area is 138 Å². The van der Waals surface area contributed by atoms with E-state index in [9.17, 15) is 0 Å². The van der Waals surface area contributed by atoms with Crippen LogP contribution in [0, 0.1) is 0 Å². The van der Waals surface area contributed by atoms with Crippen molar-refractivity contribution in [3.8, 4) is 0 Å². The lowest BCUT2D eigenvalue weighted by Gasteiger charge is -2.23. The fraction of sp³-hybridized carbons (Fsp3) is 0.250. The maximum Gasteiger partial charge on any atom is 0.216 e. The monoisotopic (exact) mass is 328 g/mol. The van der Waals surface area contributed by atoms with Crippen molar-refractivity contribution in [3.05, 3.63) is 58.2 Å². The van der Waals surface area contributed by atoms with E-state index in [4.69, 9.17) is 0 Å². The molecule has 112 valence electrons. The van der Waals surface area contributed by atoms with E-state index in [0.29, 0.717) is 0 Å². The number of aromatic nitrogens is 3. The van der Waals surface area contributed by atoms with Gasteiger partial charge in [-0.1, -0.05) is 55.1 Å². The molecule has 0 fully saturated rings. The predicted octanol–water partition coefficient (Wildman–Crippen LogP) is 3.86. The van der Waals surface area contributed by atoms with Crippen LogP contribution in [0.5, 0.6) is 0 Å². The van der Waals surface area contributed by atoms with Crippen LogP contribution in [0.25, 0.3) is 6.08 Å². The number of nitrogens with zero attached hydrogens (tertiary/aromatic N) is 4. The normalized spacial score (nSPS) is 19.6. The molecule has 2 aromatic rings. The molecule has 0 spiro atoms. The Bertz CT molecular complexity index is 736. The average molecular weight is 328 g/mol. The summed E-state index contributed by atoms with van der Waals surface area (Å²) in [7, 11) is 0. The molecule has 1 aromatic carbocycles. The van der Waals surface area contributed by atoms with Gasteiger partial charge in [0, 0.05) is 11.8 Å². The summed E-state index contributed by atoms with van der Waals surface area (Å²) < 4.78 is 2.18. The Morgan fingerprint density at radius 2 is 2.09 bits per heavy atom. The van der Waals surface area contributed by atoms with Gasteiger partial charge in [0.1, 0.15) is 10.4 Å². The Kier molecular flexibility index (Phi) is 3.72. The second-order valence-corrected chi connectivity index (χ2v) is 7.14. The molecule has 1 atom stereocenters. The first-order chi connectivity index (χ1) is 10.9. The summed E-state index contributed by atoms with van der Waals surface area (Å²) in [5, 5.41) is 15.6. The molecule has 6 heteroatoms. The first kappa shape index (κ1) is 14.0. The molecule has 0 saturated carbocycles. The van der Waals surface area contributed by atoms with Gasteiger partial charge in [0.05, 0.1) is 0 Å². The van der Waals surface area contributed by atoms with Crippen molar-refractivity contribution < 1.29 is 0 Å².